The third-order valence-electron chi connectivity index (χ3n) is 3.65. The van der Waals surface area contributed by atoms with E-state index in [0.29, 0.717) is 18.9 Å². The van der Waals surface area contributed by atoms with Gasteiger partial charge in [0, 0.05) is 31.7 Å². The first-order valence-electron chi connectivity index (χ1n) is 6.80. The number of piperazine rings is 1. The number of hydrazine groups is 1. The Morgan fingerprint density at radius 1 is 1.29 bits per heavy atom. The van der Waals surface area contributed by atoms with E-state index >= 15 is 0 Å². The highest BCUT2D eigenvalue weighted by Crippen LogP contribution is 2.32. The summed E-state index contributed by atoms with van der Waals surface area (Å²) in [5.41, 5.74) is 2.17. The minimum Gasteiger partial charge on any atom is -0.348 e. The second kappa shape index (κ2) is 5.78. The zero-order valence-electron chi connectivity index (χ0n) is 12.5. The Balaban J connectivity index is 2.23. The number of nitrogens with two attached hydrogens (primary N) is 1. The highest BCUT2D eigenvalue weighted by atomic mass is 16.6. The highest BCUT2D eigenvalue weighted by Gasteiger charge is 2.31. The zero-order chi connectivity index (χ0) is 15.6. The first-order valence-corrected chi connectivity index (χ1v) is 6.80. The first-order chi connectivity index (χ1) is 9.84. The molecule has 116 valence electrons. The molecule has 1 aromatic rings. The maximum absolute atomic E-state index is 11.3. The summed E-state index contributed by atoms with van der Waals surface area (Å²) >= 11 is 0. The SMILES string of the molecule is CC(C)(C)N1CCN(c2ncnc(NN)c2[N+](=O)[O-])CC1. The Morgan fingerprint density at radius 3 is 2.38 bits per heavy atom. The Kier molecular flexibility index (Phi) is 4.24. The molecule has 9 nitrogen and oxygen atoms in total. The lowest BCUT2D eigenvalue weighted by atomic mass is 10.0. The molecule has 2 rings (SSSR count). The van der Waals surface area contributed by atoms with Crippen molar-refractivity contribution in [3.63, 3.8) is 0 Å². The van der Waals surface area contributed by atoms with Gasteiger partial charge in [-0.2, -0.15) is 0 Å². The van der Waals surface area contributed by atoms with Crippen LogP contribution >= 0.6 is 0 Å². The molecular weight excluding hydrogens is 274 g/mol. The fourth-order valence-electron chi connectivity index (χ4n) is 2.46. The number of nitrogen functional groups attached to an aromatic ring is 1. The van der Waals surface area contributed by atoms with Gasteiger partial charge in [0.15, 0.2) is 0 Å². The summed E-state index contributed by atoms with van der Waals surface area (Å²) in [4.78, 5) is 22.9. The van der Waals surface area contributed by atoms with Gasteiger partial charge in [0.05, 0.1) is 4.92 Å². The van der Waals surface area contributed by atoms with Crippen LogP contribution in [0.2, 0.25) is 0 Å². The molecule has 0 radical (unpaired) electrons. The molecule has 0 saturated carbocycles. The van der Waals surface area contributed by atoms with E-state index in [1.54, 1.807) is 0 Å². The predicted molar refractivity (Wildman–Crippen MR) is 80.0 cm³/mol. The predicted octanol–water partition coefficient (Wildman–Crippen LogP) is 0.591. The van der Waals surface area contributed by atoms with Crippen molar-refractivity contribution in [1.82, 2.24) is 14.9 Å². The minimum absolute atomic E-state index is 0.0308. The molecule has 1 aliphatic heterocycles. The lowest BCUT2D eigenvalue weighted by Gasteiger charge is -2.42. The van der Waals surface area contributed by atoms with Crippen LogP contribution in [0.25, 0.3) is 0 Å². The molecule has 21 heavy (non-hydrogen) atoms. The van der Waals surface area contributed by atoms with Crippen molar-refractivity contribution in [3.05, 3.63) is 16.4 Å². The number of hydrogen-bond acceptors (Lipinski definition) is 8. The van der Waals surface area contributed by atoms with Gasteiger partial charge in [0.1, 0.15) is 6.33 Å². The van der Waals surface area contributed by atoms with E-state index in [-0.39, 0.29) is 17.0 Å². The molecule has 9 heteroatoms. The van der Waals surface area contributed by atoms with Gasteiger partial charge in [-0.3, -0.25) is 15.0 Å². The third kappa shape index (κ3) is 3.19. The molecule has 1 aromatic heterocycles. The number of nitro groups is 1. The van der Waals surface area contributed by atoms with Crippen molar-refractivity contribution in [2.45, 2.75) is 26.3 Å². The summed E-state index contributed by atoms with van der Waals surface area (Å²) in [7, 11) is 0. The second-order valence-electron chi connectivity index (χ2n) is 5.94. The Morgan fingerprint density at radius 2 is 1.90 bits per heavy atom. The molecular formula is C12H21N7O2. The lowest BCUT2D eigenvalue weighted by Crippen LogP contribution is -2.53. The van der Waals surface area contributed by atoms with E-state index in [1.807, 2.05) is 4.90 Å². The van der Waals surface area contributed by atoms with E-state index in [9.17, 15) is 10.1 Å². The van der Waals surface area contributed by atoms with Crippen molar-refractivity contribution in [2.75, 3.05) is 36.5 Å². The zero-order valence-corrected chi connectivity index (χ0v) is 12.5. The average molecular weight is 295 g/mol. The van der Waals surface area contributed by atoms with Crippen LogP contribution in [0, 0.1) is 10.1 Å². The van der Waals surface area contributed by atoms with Crippen molar-refractivity contribution in [1.29, 1.82) is 0 Å². The number of nitrogens with one attached hydrogen (secondary N) is 1. The van der Waals surface area contributed by atoms with Crippen molar-refractivity contribution < 1.29 is 4.92 Å². The van der Waals surface area contributed by atoms with E-state index in [0.717, 1.165) is 13.1 Å². The van der Waals surface area contributed by atoms with Crippen LogP contribution < -0.4 is 16.2 Å². The van der Waals surface area contributed by atoms with Gasteiger partial charge in [-0.1, -0.05) is 0 Å². The molecule has 1 saturated heterocycles. The van der Waals surface area contributed by atoms with Crippen LogP contribution in [0.3, 0.4) is 0 Å². The van der Waals surface area contributed by atoms with Gasteiger partial charge >= 0.3 is 5.69 Å². The molecule has 1 fully saturated rings. The topological polar surface area (TPSA) is 113 Å². The van der Waals surface area contributed by atoms with E-state index in [1.165, 1.54) is 6.33 Å². The summed E-state index contributed by atoms with van der Waals surface area (Å²) in [6.45, 7) is 9.50. The minimum atomic E-state index is -0.499. The molecule has 3 N–H and O–H groups in total. The third-order valence-corrected chi connectivity index (χ3v) is 3.65. The van der Waals surface area contributed by atoms with E-state index in [4.69, 9.17) is 5.84 Å². The van der Waals surface area contributed by atoms with Crippen LogP contribution in [0.15, 0.2) is 6.33 Å². The first kappa shape index (κ1) is 15.4. The molecule has 0 unspecified atom stereocenters. The summed E-state index contributed by atoms with van der Waals surface area (Å²) in [6, 6.07) is 0. The van der Waals surface area contributed by atoms with Crippen molar-refractivity contribution in [3.8, 4) is 0 Å². The van der Waals surface area contributed by atoms with E-state index in [2.05, 4.69) is 41.1 Å². The molecule has 0 spiro atoms. The van der Waals surface area contributed by atoms with Gasteiger partial charge in [-0.05, 0) is 20.8 Å². The normalized spacial score (nSPS) is 16.9. The molecule has 2 heterocycles. The van der Waals surface area contributed by atoms with Gasteiger partial charge in [-0.15, -0.1) is 0 Å². The molecule has 0 bridgehead atoms. The van der Waals surface area contributed by atoms with Crippen molar-refractivity contribution >= 4 is 17.3 Å². The van der Waals surface area contributed by atoms with Gasteiger partial charge in [0.25, 0.3) is 0 Å². The van der Waals surface area contributed by atoms with Crippen LogP contribution in [0.4, 0.5) is 17.3 Å². The number of rotatable bonds is 3. The number of nitrogens with zero attached hydrogens (tertiary/aromatic N) is 5. The standard InChI is InChI=1S/C12H21N7O2/c1-12(2,3)18-6-4-17(5-7-18)11-9(19(20)21)10(16-13)14-8-15-11/h8H,4-7,13H2,1-3H3,(H,14,15,16). The molecule has 0 atom stereocenters. The summed E-state index contributed by atoms with van der Waals surface area (Å²) in [5, 5.41) is 11.3. The number of aromatic nitrogens is 2. The fraction of sp³-hybridized carbons (Fsp3) is 0.667. The van der Waals surface area contributed by atoms with Crippen LogP contribution in [0.5, 0.6) is 0 Å². The molecule has 0 amide bonds. The fourth-order valence-corrected chi connectivity index (χ4v) is 2.46. The van der Waals surface area contributed by atoms with E-state index < -0.39 is 4.92 Å². The monoisotopic (exact) mass is 295 g/mol. The molecule has 0 aliphatic carbocycles. The maximum atomic E-state index is 11.3. The van der Waals surface area contributed by atoms with Crippen molar-refractivity contribution in [2.24, 2.45) is 5.84 Å². The van der Waals surface area contributed by atoms with Gasteiger partial charge in [-0.25, -0.2) is 15.8 Å². The summed E-state index contributed by atoms with van der Waals surface area (Å²) < 4.78 is 0. The molecule has 1 aliphatic rings. The average Bonchev–Trinajstić information content (AvgIpc) is 2.45. The quantitative estimate of drug-likeness (QED) is 0.473. The lowest BCUT2D eigenvalue weighted by molar-refractivity contribution is -0.383. The van der Waals surface area contributed by atoms with Crippen LogP contribution in [0.1, 0.15) is 20.8 Å². The largest absolute Gasteiger partial charge is 0.354 e. The van der Waals surface area contributed by atoms with Gasteiger partial charge in [0.2, 0.25) is 11.6 Å². The van der Waals surface area contributed by atoms with Gasteiger partial charge < -0.3 is 10.3 Å². The number of anilines is 2. The van der Waals surface area contributed by atoms with Crippen LogP contribution in [-0.4, -0.2) is 51.5 Å². The number of hydrogen-bond donors (Lipinski definition) is 2. The Bertz CT molecular complexity index is 521. The smallest absolute Gasteiger partial charge is 0.348 e. The Labute approximate surface area is 123 Å². The maximum Gasteiger partial charge on any atom is 0.354 e. The second-order valence-corrected chi connectivity index (χ2v) is 5.94. The summed E-state index contributed by atoms with van der Waals surface area (Å²) in [5.74, 6) is 5.64. The highest BCUT2D eigenvalue weighted by molar-refractivity contribution is 5.70. The summed E-state index contributed by atoms with van der Waals surface area (Å²) in [6.07, 6.45) is 1.29. The van der Waals surface area contributed by atoms with Crippen LogP contribution in [-0.2, 0) is 0 Å². The molecule has 0 aromatic carbocycles. The Hall–Kier alpha value is -2.00.